The normalized spacial score (nSPS) is 24.6. The lowest BCUT2D eigenvalue weighted by molar-refractivity contribution is -0.123. The summed E-state index contributed by atoms with van der Waals surface area (Å²) in [5.41, 5.74) is 5.90. The van der Waals surface area contributed by atoms with E-state index in [4.69, 9.17) is 5.73 Å². The van der Waals surface area contributed by atoms with Crippen molar-refractivity contribution < 1.29 is 4.79 Å². The van der Waals surface area contributed by atoms with Crippen LogP contribution in [0.25, 0.3) is 0 Å². The molecule has 0 aromatic carbocycles. The molecule has 4 heteroatoms. The number of likely N-dealkylation sites (N-methyl/N-ethyl adjacent to an activating group) is 1. The molecule has 1 heterocycles. The van der Waals surface area contributed by atoms with Crippen LogP contribution in [0.15, 0.2) is 0 Å². The van der Waals surface area contributed by atoms with Gasteiger partial charge in [0, 0.05) is 12.6 Å². The highest BCUT2D eigenvalue weighted by molar-refractivity contribution is 5.81. The van der Waals surface area contributed by atoms with Crippen molar-refractivity contribution >= 4 is 5.91 Å². The smallest absolute Gasteiger partial charge is 0.237 e. The number of nitrogens with zero attached hydrogens (tertiary/aromatic N) is 1. The lowest BCUT2D eigenvalue weighted by Crippen LogP contribution is -2.48. The summed E-state index contributed by atoms with van der Waals surface area (Å²) in [6, 6.07) is 0.143. The third kappa shape index (κ3) is 3.96. The topological polar surface area (TPSA) is 58.4 Å². The molecule has 17 heavy (non-hydrogen) atoms. The minimum atomic E-state index is -0.364. The Bertz CT molecular complexity index is 245. The van der Waals surface area contributed by atoms with Crippen molar-refractivity contribution in [2.75, 3.05) is 19.6 Å². The minimum Gasteiger partial charge on any atom is -0.353 e. The molecule has 0 aliphatic carbocycles. The molecule has 1 aliphatic rings. The molecular weight excluding hydrogens is 214 g/mol. The molecule has 0 bridgehead atoms. The van der Waals surface area contributed by atoms with E-state index in [9.17, 15) is 4.79 Å². The number of rotatable bonds is 6. The lowest BCUT2D eigenvalue weighted by Gasteiger charge is -2.24. The van der Waals surface area contributed by atoms with Crippen LogP contribution in [0.5, 0.6) is 0 Å². The van der Waals surface area contributed by atoms with Crippen LogP contribution >= 0.6 is 0 Å². The van der Waals surface area contributed by atoms with Gasteiger partial charge in [0.1, 0.15) is 0 Å². The summed E-state index contributed by atoms with van der Waals surface area (Å²) < 4.78 is 0. The maximum absolute atomic E-state index is 11.8. The third-order valence-corrected chi connectivity index (χ3v) is 3.98. The van der Waals surface area contributed by atoms with Crippen molar-refractivity contribution in [1.29, 1.82) is 0 Å². The molecule has 3 N–H and O–H groups in total. The van der Waals surface area contributed by atoms with Crippen molar-refractivity contribution in [2.24, 2.45) is 11.7 Å². The average Bonchev–Trinajstić information content (AvgIpc) is 2.81. The Morgan fingerprint density at radius 2 is 2.24 bits per heavy atom. The molecule has 3 unspecified atom stereocenters. The molecule has 100 valence electrons. The number of carbonyl (C=O) groups is 1. The van der Waals surface area contributed by atoms with Gasteiger partial charge in [-0.2, -0.15) is 0 Å². The quantitative estimate of drug-likeness (QED) is 0.728. The number of nitrogens with two attached hydrogens (primary N) is 1. The summed E-state index contributed by atoms with van der Waals surface area (Å²) in [6.07, 6.45) is 3.37. The largest absolute Gasteiger partial charge is 0.353 e. The van der Waals surface area contributed by atoms with E-state index < -0.39 is 0 Å². The van der Waals surface area contributed by atoms with E-state index in [0.717, 1.165) is 26.1 Å². The summed E-state index contributed by atoms with van der Waals surface area (Å²) in [4.78, 5) is 14.3. The molecule has 0 radical (unpaired) electrons. The SMILES string of the molecule is CCC(C)C(N)C(=O)NCC1CCCN1CC. The highest BCUT2D eigenvalue weighted by Gasteiger charge is 2.25. The molecule has 1 saturated heterocycles. The van der Waals surface area contributed by atoms with Crippen molar-refractivity contribution in [2.45, 2.75) is 52.1 Å². The second-order valence-electron chi connectivity index (χ2n) is 5.08. The first-order valence-corrected chi connectivity index (χ1v) is 6.87. The Morgan fingerprint density at radius 1 is 1.53 bits per heavy atom. The zero-order chi connectivity index (χ0) is 12.8. The first kappa shape index (κ1) is 14.5. The summed E-state index contributed by atoms with van der Waals surface area (Å²) in [6.45, 7) is 9.24. The molecule has 0 saturated carbocycles. The van der Waals surface area contributed by atoms with Crippen molar-refractivity contribution in [3.63, 3.8) is 0 Å². The van der Waals surface area contributed by atoms with E-state index in [1.54, 1.807) is 0 Å². The van der Waals surface area contributed by atoms with Crippen LogP contribution in [0.4, 0.5) is 0 Å². The van der Waals surface area contributed by atoms with Gasteiger partial charge in [-0.1, -0.05) is 27.2 Å². The van der Waals surface area contributed by atoms with E-state index in [1.807, 2.05) is 6.92 Å². The van der Waals surface area contributed by atoms with Gasteiger partial charge in [-0.05, 0) is 31.8 Å². The summed E-state index contributed by atoms with van der Waals surface area (Å²) in [5.74, 6) is 0.253. The molecule has 0 aromatic heterocycles. The first-order chi connectivity index (χ1) is 8.10. The van der Waals surface area contributed by atoms with Crippen LogP contribution in [-0.2, 0) is 4.79 Å². The number of amides is 1. The highest BCUT2D eigenvalue weighted by atomic mass is 16.2. The zero-order valence-electron chi connectivity index (χ0n) is 11.4. The van der Waals surface area contributed by atoms with Gasteiger partial charge < -0.3 is 11.1 Å². The Labute approximate surface area is 105 Å². The second kappa shape index (κ2) is 6.97. The fraction of sp³-hybridized carbons (Fsp3) is 0.923. The predicted octanol–water partition coefficient (Wildman–Crippen LogP) is 0.960. The highest BCUT2D eigenvalue weighted by Crippen LogP contribution is 2.15. The average molecular weight is 241 g/mol. The van der Waals surface area contributed by atoms with E-state index in [1.165, 1.54) is 12.8 Å². The molecule has 1 amide bonds. The van der Waals surface area contributed by atoms with Crippen LogP contribution in [0, 0.1) is 5.92 Å². The number of hydrogen-bond acceptors (Lipinski definition) is 3. The number of likely N-dealkylation sites (tertiary alicyclic amines) is 1. The molecule has 0 aromatic rings. The summed E-state index contributed by atoms with van der Waals surface area (Å²) in [5, 5.41) is 3.00. The summed E-state index contributed by atoms with van der Waals surface area (Å²) in [7, 11) is 0. The number of nitrogens with one attached hydrogen (secondary N) is 1. The van der Waals surface area contributed by atoms with Gasteiger partial charge in [0.2, 0.25) is 5.91 Å². The van der Waals surface area contributed by atoms with Crippen LogP contribution in [0.3, 0.4) is 0 Å². The van der Waals surface area contributed by atoms with Crippen LogP contribution < -0.4 is 11.1 Å². The van der Waals surface area contributed by atoms with Gasteiger partial charge in [0.15, 0.2) is 0 Å². The van der Waals surface area contributed by atoms with Crippen LogP contribution in [-0.4, -0.2) is 42.5 Å². The van der Waals surface area contributed by atoms with Crippen molar-refractivity contribution in [3.8, 4) is 0 Å². The zero-order valence-corrected chi connectivity index (χ0v) is 11.4. The molecule has 1 fully saturated rings. The standard InChI is InChI=1S/C13H27N3O/c1-4-10(3)12(14)13(17)15-9-11-7-6-8-16(11)5-2/h10-12H,4-9,14H2,1-3H3,(H,15,17). The molecule has 1 aliphatic heterocycles. The minimum absolute atomic E-state index is 0.00213. The Balaban J connectivity index is 2.32. The van der Waals surface area contributed by atoms with Gasteiger partial charge in [0.05, 0.1) is 6.04 Å². The second-order valence-corrected chi connectivity index (χ2v) is 5.08. The van der Waals surface area contributed by atoms with Crippen molar-refractivity contribution in [3.05, 3.63) is 0 Å². The van der Waals surface area contributed by atoms with Gasteiger partial charge in [-0.25, -0.2) is 0 Å². The van der Waals surface area contributed by atoms with E-state index in [-0.39, 0.29) is 17.9 Å². The molecule has 3 atom stereocenters. The predicted molar refractivity (Wildman–Crippen MR) is 70.7 cm³/mol. The Kier molecular flexibility index (Phi) is 5.92. The van der Waals surface area contributed by atoms with Gasteiger partial charge >= 0.3 is 0 Å². The van der Waals surface area contributed by atoms with Crippen LogP contribution in [0.2, 0.25) is 0 Å². The summed E-state index contributed by atoms with van der Waals surface area (Å²) >= 11 is 0. The Hall–Kier alpha value is -0.610. The number of hydrogen-bond donors (Lipinski definition) is 2. The number of carbonyl (C=O) groups excluding carboxylic acids is 1. The molecule has 1 rings (SSSR count). The Morgan fingerprint density at radius 3 is 2.82 bits per heavy atom. The fourth-order valence-corrected chi connectivity index (χ4v) is 2.39. The maximum Gasteiger partial charge on any atom is 0.237 e. The van der Waals surface area contributed by atoms with Gasteiger partial charge in [0.25, 0.3) is 0 Å². The van der Waals surface area contributed by atoms with Crippen LogP contribution in [0.1, 0.15) is 40.0 Å². The lowest BCUT2D eigenvalue weighted by atomic mass is 9.99. The monoisotopic (exact) mass is 241 g/mol. The van der Waals surface area contributed by atoms with E-state index in [0.29, 0.717) is 6.04 Å². The maximum atomic E-state index is 11.8. The molecule has 0 spiro atoms. The van der Waals surface area contributed by atoms with E-state index >= 15 is 0 Å². The molecular formula is C13H27N3O. The van der Waals surface area contributed by atoms with E-state index in [2.05, 4.69) is 24.1 Å². The third-order valence-electron chi connectivity index (χ3n) is 3.98. The van der Waals surface area contributed by atoms with Gasteiger partial charge in [-0.15, -0.1) is 0 Å². The first-order valence-electron chi connectivity index (χ1n) is 6.87. The van der Waals surface area contributed by atoms with Crippen molar-refractivity contribution in [1.82, 2.24) is 10.2 Å². The molecule has 4 nitrogen and oxygen atoms in total. The fourth-order valence-electron chi connectivity index (χ4n) is 2.39. The van der Waals surface area contributed by atoms with Gasteiger partial charge in [-0.3, -0.25) is 9.69 Å².